The first-order chi connectivity index (χ1) is 12.3. The molecule has 1 aromatic heterocycles. The maximum Gasteiger partial charge on any atom is 0.387 e. The number of anilines is 2. The molecule has 2 rings (SSSR count). The van der Waals surface area contributed by atoms with Gasteiger partial charge in [0.1, 0.15) is 5.75 Å². The van der Waals surface area contributed by atoms with Gasteiger partial charge in [0.15, 0.2) is 5.11 Å². The summed E-state index contributed by atoms with van der Waals surface area (Å²) in [6.45, 7) is 0.758. The highest BCUT2D eigenvalue weighted by Crippen LogP contribution is 2.18. The maximum absolute atomic E-state index is 12.1. The summed E-state index contributed by atoms with van der Waals surface area (Å²) in [5.74, 6) is -0.222. The summed E-state index contributed by atoms with van der Waals surface area (Å²) in [7, 11) is 1.80. The van der Waals surface area contributed by atoms with Crippen LogP contribution in [0.25, 0.3) is 0 Å². The predicted octanol–water partition coefficient (Wildman–Crippen LogP) is 2.56. The van der Waals surface area contributed by atoms with Crippen LogP contribution in [0.15, 0.2) is 24.3 Å². The lowest BCUT2D eigenvalue weighted by Crippen LogP contribution is -2.35. The number of benzene rings is 1. The quantitative estimate of drug-likeness (QED) is 0.666. The molecular weight excluding hydrogens is 364 g/mol. The highest BCUT2D eigenvalue weighted by molar-refractivity contribution is 7.80. The SMILES string of the molecule is Cc1nn(C)c(C)c1NC(=O)CNC(=S)Nc1ccc(OC(F)F)cc1. The van der Waals surface area contributed by atoms with Gasteiger partial charge >= 0.3 is 6.61 Å². The third kappa shape index (κ3) is 5.38. The fraction of sp³-hybridized carbons (Fsp3) is 0.312. The van der Waals surface area contributed by atoms with Crippen LogP contribution in [0.1, 0.15) is 11.4 Å². The zero-order valence-corrected chi connectivity index (χ0v) is 15.3. The molecule has 26 heavy (non-hydrogen) atoms. The minimum Gasteiger partial charge on any atom is -0.435 e. The number of rotatable bonds is 6. The van der Waals surface area contributed by atoms with Crippen LogP contribution in [0.3, 0.4) is 0 Å². The zero-order chi connectivity index (χ0) is 19.3. The largest absolute Gasteiger partial charge is 0.435 e. The average Bonchev–Trinajstić information content (AvgIpc) is 2.80. The van der Waals surface area contributed by atoms with Gasteiger partial charge in [-0.1, -0.05) is 0 Å². The number of carbonyl (C=O) groups is 1. The summed E-state index contributed by atoms with van der Waals surface area (Å²) < 4.78 is 30.2. The number of carbonyl (C=O) groups excluding carboxylic acids is 1. The van der Waals surface area contributed by atoms with Crippen molar-refractivity contribution in [2.24, 2.45) is 7.05 Å². The van der Waals surface area contributed by atoms with Gasteiger partial charge in [0, 0.05) is 12.7 Å². The van der Waals surface area contributed by atoms with E-state index in [4.69, 9.17) is 12.2 Å². The van der Waals surface area contributed by atoms with Gasteiger partial charge in [0.05, 0.1) is 23.6 Å². The van der Waals surface area contributed by atoms with Crippen molar-refractivity contribution in [2.75, 3.05) is 17.2 Å². The molecule has 0 radical (unpaired) electrons. The van der Waals surface area contributed by atoms with E-state index in [1.165, 1.54) is 24.3 Å². The Morgan fingerprint density at radius 2 is 1.92 bits per heavy atom. The second kappa shape index (κ2) is 8.56. The fourth-order valence-corrected chi connectivity index (χ4v) is 2.38. The van der Waals surface area contributed by atoms with Gasteiger partial charge in [-0.3, -0.25) is 9.48 Å². The molecule has 0 bridgehead atoms. The summed E-state index contributed by atoms with van der Waals surface area (Å²) in [6, 6.07) is 5.85. The highest BCUT2D eigenvalue weighted by atomic mass is 32.1. The van der Waals surface area contributed by atoms with E-state index in [0.717, 1.165) is 11.4 Å². The van der Waals surface area contributed by atoms with Crippen molar-refractivity contribution in [1.82, 2.24) is 15.1 Å². The monoisotopic (exact) mass is 383 g/mol. The van der Waals surface area contributed by atoms with Crippen LogP contribution in [0.5, 0.6) is 5.75 Å². The van der Waals surface area contributed by atoms with Gasteiger partial charge in [-0.25, -0.2) is 0 Å². The van der Waals surface area contributed by atoms with Crippen molar-refractivity contribution in [3.63, 3.8) is 0 Å². The third-order valence-electron chi connectivity index (χ3n) is 3.52. The standard InChI is InChI=1S/C16H19F2N5O2S/c1-9-14(10(2)23(3)22-9)21-13(24)8-19-16(26)20-11-4-6-12(7-5-11)25-15(17)18/h4-7,15H,8H2,1-3H3,(H,21,24)(H2,19,20,26). The van der Waals surface area contributed by atoms with Crippen molar-refractivity contribution in [1.29, 1.82) is 0 Å². The molecule has 0 atom stereocenters. The second-order valence-corrected chi connectivity index (χ2v) is 5.84. The first kappa shape index (κ1) is 19.6. The van der Waals surface area contributed by atoms with Crippen LogP contribution >= 0.6 is 12.2 Å². The van der Waals surface area contributed by atoms with Gasteiger partial charge in [-0.05, 0) is 50.3 Å². The Morgan fingerprint density at radius 3 is 2.46 bits per heavy atom. The molecule has 0 unspecified atom stereocenters. The Labute approximate surface area is 154 Å². The Morgan fingerprint density at radius 1 is 1.27 bits per heavy atom. The molecule has 0 fully saturated rings. The molecule has 2 aromatic rings. The molecule has 3 N–H and O–H groups in total. The van der Waals surface area contributed by atoms with Gasteiger partial charge in [-0.2, -0.15) is 13.9 Å². The number of thiocarbonyl (C=S) groups is 1. The van der Waals surface area contributed by atoms with Crippen LogP contribution in [0.4, 0.5) is 20.2 Å². The summed E-state index contributed by atoms with van der Waals surface area (Å²) in [4.78, 5) is 12.0. The van der Waals surface area contributed by atoms with E-state index in [0.29, 0.717) is 11.4 Å². The van der Waals surface area contributed by atoms with E-state index >= 15 is 0 Å². The van der Waals surface area contributed by atoms with E-state index < -0.39 is 6.61 Å². The molecule has 10 heteroatoms. The number of aromatic nitrogens is 2. The number of aryl methyl sites for hydroxylation is 2. The van der Waals surface area contributed by atoms with Crippen molar-refractivity contribution >= 4 is 34.6 Å². The molecule has 0 aliphatic rings. The number of hydrogen-bond acceptors (Lipinski definition) is 4. The minimum absolute atomic E-state index is 0.0355. The summed E-state index contributed by atoms with van der Waals surface area (Å²) in [5.41, 5.74) is 2.82. The Balaban J connectivity index is 1.81. The molecule has 0 aliphatic heterocycles. The number of nitrogens with zero attached hydrogens (tertiary/aromatic N) is 2. The molecule has 1 aromatic carbocycles. The van der Waals surface area contributed by atoms with E-state index in [-0.39, 0.29) is 23.3 Å². The lowest BCUT2D eigenvalue weighted by molar-refractivity contribution is -0.115. The van der Waals surface area contributed by atoms with Gasteiger partial charge in [0.2, 0.25) is 5.91 Å². The van der Waals surface area contributed by atoms with Crippen LogP contribution in [-0.4, -0.2) is 34.0 Å². The average molecular weight is 383 g/mol. The Bertz CT molecular complexity index is 793. The molecule has 0 aliphatic carbocycles. The van der Waals surface area contributed by atoms with E-state index in [9.17, 15) is 13.6 Å². The predicted molar refractivity (Wildman–Crippen MR) is 98.6 cm³/mol. The topological polar surface area (TPSA) is 80.2 Å². The number of ether oxygens (including phenoxy) is 1. The van der Waals surface area contributed by atoms with Crippen LogP contribution in [-0.2, 0) is 11.8 Å². The van der Waals surface area contributed by atoms with Crippen LogP contribution < -0.4 is 20.7 Å². The first-order valence-corrected chi connectivity index (χ1v) is 8.07. The maximum atomic E-state index is 12.1. The molecular formula is C16H19F2N5O2S. The van der Waals surface area contributed by atoms with E-state index in [1.807, 2.05) is 13.8 Å². The third-order valence-corrected chi connectivity index (χ3v) is 3.77. The number of amides is 1. The minimum atomic E-state index is -2.87. The second-order valence-electron chi connectivity index (χ2n) is 5.43. The molecule has 0 spiro atoms. The number of nitrogens with one attached hydrogen (secondary N) is 3. The number of hydrogen-bond donors (Lipinski definition) is 3. The van der Waals surface area contributed by atoms with E-state index in [2.05, 4.69) is 25.8 Å². The smallest absolute Gasteiger partial charge is 0.387 e. The number of halogens is 2. The van der Waals surface area contributed by atoms with Crippen molar-refractivity contribution < 1.29 is 18.3 Å². The fourth-order valence-electron chi connectivity index (χ4n) is 2.19. The summed E-state index contributed by atoms with van der Waals surface area (Å²) in [6.07, 6.45) is 0. The van der Waals surface area contributed by atoms with Gasteiger partial charge in [0.25, 0.3) is 0 Å². The van der Waals surface area contributed by atoms with E-state index in [1.54, 1.807) is 11.7 Å². The first-order valence-electron chi connectivity index (χ1n) is 7.66. The van der Waals surface area contributed by atoms with Crippen molar-refractivity contribution in [2.45, 2.75) is 20.5 Å². The van der Waals surface area contributed by atoms with Crippen LogP contribution in [0.2, 0.25) is 0 Å². The Kier molecular flexibility index (Phi) is 6.45. The van der Waals surface area contributed by atoms with Gasteiger partial charge < -0.3 is 20.7 Å². The molecule has 1 amide bonds. The molecule has 1 heterocycles. The molecule has 7 nitrogen and oxygen atoms in total. The summed E-state index contributed by atoms with van der Waals surface area (Å²) >= 11 is 5.11. The lowest BCUT2D eigenvalue weighted by Gasteiger charge is -2.11. The van der Waals surface area contributed by atoms with Crippen molar-refractivity contribution in [3.8, 4) is 5.75 Å². The lowest BCUT2D eigenvalue weighted by atomic mass is 10.3. The molecule has 140 valence electrons. The molecule has 0 saturated heterocycles. The van der Waals surface area contributed by atoms with Crippen molar-refractivity contribution in [3.05, 3.63) is 35.7 Å². The Hall–Kier alpha value is -2.75. The molecule has 0 saturated carbocycles. The van der Waals surface area contributed by atoms with Crippen LogP contribution in [0, 0.1) is 13.8 Å². The normalized spacial score (nSPS) is 10.5. The summed E-state index contributed by atoms with van der Waals surface area (Å²) in [5, 5.41) is 12.9. The zero-order valence-electron chi connectivity index (χ0n) is 14.5. The number of alkyl halides is 2. The van der Waals surface area contributed by atoms with Gasteiger partial charge in [-0.15, -0.1) is 0 Å². The highest BCUT2D eigenvalue weighted by Gasteiger charge is 2.12.